The molecular formula is C22H29N7O3. The molecule has 1 aliphatic heterocycles. The molecule has 1 fully saturated rings. The Morgan fingerprint density at radius 2 is 2.16 bits per heavy atom. The van der Waals surface area contributed by atoms with Gasteiger partial charge in [0.15, 0.2) is 5.82 Å². The lowest BCUT2D eigenvalue weighted by Gasteiger charge is -2.18. The summed E-state index contributed by atoms with van der Waals surface area (Å²) >= 11 is 0. The van der Waals surface area contributed by atoms with Crippen LogP contribution in [0.4, 0.5) is 17.6 Å². The van der Waals surface area contributed by atoms with Crippen molar-refractivity contribution in [2.45, 2.75) is 40.2 Å². The monoisotopic (exact) mass is 439 g/mol. The van der Waals surface area contributed by atoms with Crippen molar-refractivity contribution < 1.29 is 14.6 Å². The molecular weight excluding hydrogens is 410 g/mol. The highest BCUT2D eigenvalue weighted by molar-refractivity contribution is 5.90. The molecule has 170 valence electrons. The average molecular weight is 440 g/mol. The predicted molar refractivity (Wildman–Crippen MR) is 121 cm³/mol. The van der Waals surface area contributed by atoms with Crippen molar-refractivity contribution in [3.8, 4) is 0 Å². The first-order chi connectivity index (χ1) is 15.5. The second-order valence-electron chi connectivity index (χ2n) is 7.91. The molecule has 0 amide bonds. The first-order valence-electron chi connectivity index (χ1n) is 11.0. The Kier molecular flexibility index (Phi) is 6.50. The van der Waals surface area contributed by atoms with Crippen LogP contribution in [0.25, 0.3) is 11.0 Å². The molecule has 0 unspecified atom stereocenters. The molecule has 4 rings (SSSR count). The molecule has 10 heteroatoms. The van der Waals surface area contributed by atoms with E-state index in [1.165, 1.54) is 0 Å². The molecule has 0 saturated carbocycles. The lowest BCUT2D eigenvalue weighted by Crippen LogP contribution is -2.25. The van der Waals surface area contributed by atoms with Crippen LogP contribution in [0, 0.1) is 12.8 Å². The zero-order chi connectivity index (χ0) is 22.7. The lowest BCUT2D eigenvalue weighted by atomic mass is 10.1. The fraction of sp³-hybridized carbons (Fsp3) is 0.500. The summed E-state index contributed by atoms with van der Waals surface area (Å²) in [7, 11) is 0. The molecule has 0 bridgehead atoms. The van der Waals surface area contributed by atoms with Crippen molar-refractivity contribution in [3.63, 3.8) is 0 Å². The largest absolute Gasteiger partial charge is 0.481 e. The molecule has 1 aliphatic rings. The van der Waals surface area contributed by atoms with Crippen LogP contribution in [-0.4, -0.2) is 62.1 Å². The van der Waals surface area contributed by atoms with Crippen molar-refractivity contribution in [2.24, 2.45) is 5.92 Å². The molecule has 32 heavy (non-hydrogen) atoms. The molecule has 4 heterocycles. The Labute approximate surface area is 186 Å². The van der Waals surface area contributed by atoms with Gasteiger partial charge in [0, 0.05) is 25.9 Å². The summed E-state index contributed by atoms with van der Waals surface area (Å²) in [6, 6.07) is 3.89. The molecule has 2 N–H and O–H groups in total. The van der Waals surface area contributed by atoms with Gasteiger partial charge < -0.3 is 20.1 Å². The normalized spacial score (nSPS) is 16.1. The van der Waals surface area contributed by atoms with Gasteiger partial charge in [-0.1, -0.05) is 13.0 Å². The van der Waals surface area contributed by atoms with Gasteiger partial charge in [0.05, 0.1) is 24.8 Å². The molecule has 0 aromatic carbocycles. The van der Waals surface area contributed by atoms with E-state index in [0.717, 1.165) is 22.3 Å². The number of ether oxygens (including phenoxy) is 1. The topological polar surface area (TPSA) is 118 Å². The van der Waals surface area contributed by atoms with Crippen LogP contribution in [0.3, 0.4) is 0 Å². The third-order valence-corrected chi connectivity index (χ3v) is 5.61. The second kappa shape index (κ2) is 9.47. The highest BCUT2D eigenvalue weighted by Crippen LogP contribution is 2.30. The lowest BCUT2D eigenvalue weighted by molar-refractivity contribution is -0.140. The zero-order valence-corrected chi connectivity index (χ0v) is 18.7. The van der Waals surface area contributed by atoms with Gasteiger partial charge in [0.2, 0.25) is 5.95 Å². The minimum Gasteiger partial charge on any atom is -0.481 e. The number of carboxylic acid groups (broad SMARTS) is 1. The zero-order valence-electron chi connectivity index (χ0n) is 18.7. The van der Waals surface area contributed by atoms with Crippen molar-refractivity contribution in [2.75, 3.05) is 36.5 Å². The fourth-order valence-electron chi connectivity index (χ4n) is 3.86. The van der Waals surface area contributed by atoms with Crippen LogP contribution in [-0.2, 0) is 22.5 Å². The second-order valence-corrected chi connectivity index (χ2v) is 7.91. The summed E-state index contributed by atoms with van der Waals surface area (Å²) < 4.78 is 7.42. The quantitative estimate of drug-likeness (QED) is 0.485. The number of nitrogens with zero attached hydrogens (tertiary/aromatic N) is 6. The van der Waals surface area contributed by atoms with E-state index >= 15 is 0 Å². The van der Waals surface area contributed by atoms with Crippen LogP contribution >= 0.6 is 0 Å². The van der Waals surface area contributed by atoms with Crippen molar-refractivity contribution in [1.29, 1.82) is 0 Å². The van der Waals surface area contributed by atoms with E-state index in [9.17, 15) is 9.90 Å². The van der Waals surface area contributed by atoms with Gasteiger partial charge >= 0.3 is 5.97 Å². The number of nitrogens with one attached hydrogen (secondary N) is 1. The highest BCUT2D eigenvalue weighted by atomic mass is 16.5. The maximum atomic E-state index is 11.4. The van der Waals surface area contributed by atoms with E-state index in [1.54, 1.807) is 6.20 Å². The van der Waals surface area contributed by atoms with Crippen LogP contribution in [0.2, 0.25) is 0 Å². The molecule has 0 spiro atoms. The summed E-state index contributed by atoms with van der Waals surface area (Å²) in [5, 5.41) is 17.5. The summed E-state index contributed by atoms with van der Waals surface area (Å²) in [5.74, 6) is 0.582. The number of rotatable bonds is 9. The number of pyridine rings is 1. The van der Waals surface area contributed by atoms with Gasteiger partial charge in [-0.25, -0.2) is 9.97 Å². The highest BCUT2D eigenvalue weighted by Gasteiger charge is 2.30. The van der Waals surface area contributed by atoms with Gasteiger partial charge in [0.25, 0.3) is 0 Å². The van der Waals surface area contributed by atoms with E-state index in [2.05, 4.69) is 10.3 Å². The number of anilines is 3. The standard InChI is InChI=1S/C22H29N7O3/c1-4-16-18-19(29(27-16)10-11-32-5-2)20(24-17-7-6-14(3)12-23-17)26-22(25-18)28-9-8-15(13-28)21(30)31/h6-7,12,15H,4-5,8-11,13H2,1-3H3,(H,30,31)(H,23,24,25,26)/t15-/m0/s1. The number of carbonyl (C=O) groups is 1. The van der Waals surface area contributed by atoms with Gasteiger partial charge in [-0.3, -0.25) is 9.48 Å². The van der Waals surface area contributed by atoms with Crippen LogP contribution in [0.1, 0.15) is 31.5 Å². The Bertz CT molecular complexity index is 1100. The number of hydrogen-bond donors (Lipinski definition) is 2. The Balaban J connectivity index is 1.78. The first kappa shape index (κ1) is 21.9. The Morgan fingerprint density at radius 1 is 1.31 bits per heavy atom. The van der Waals surface area contributed by atoms with E-state index in [-0.39, 0.29) is 0 Å². The Hall–Kier alpha value is -3.27. The number of carboxylic acids is 1. The fourth-order valence-corrected chi connectivity index (χ4v) is 3.86. The third-order valence-electron chi connectivity index (χ3n) is 5.61. The molecule has 0 radical (unpaired) electrons. The summed E-state index contributed by atoms with van der Waals surface area (Å²) in [6.45, 7) is 8.74. The molecule has 10 nitrogen and oxygen atoms in total. The average Bonchev–Trinajstić information content (AvgIpc) is 3.41. The van der Waals surface area contributed by atoms with Crippen molar-refractivity contribution in [1.82, 2.24) is 24.7 Å². The molecule has 1 atom stereocenters. The van der Waals surface area contributed by atoms with Crippen molar-refractivity contribution >= 4 is 34.6 Å². The molecule has 3 aromatic rings. The van der Waals surface area contributed by atoms with E-state index in [1.807, 2.05) is 42.5 Å². The number of fused-ring (bicyclic) bond motifs is 1. The summed E-state index contributed by atoms with van der Waals surface area (Å²) in [5.41, 5.74) is 3.49. The van der Waals surface area contributed by atoms with E-state index in [4.69, 9.17) is 19.8 Å². The number of aliphatic carboxylic acids is 1. The van der Waals surface area contributed by atoms with E-state index in [0.29, 0.717) is 63.3 Å². The maximum absolute atomic E-state index is 11.4. The SMILES string of the molecule is CCOCCn1nc(CC)c2nc(N3CC[C@H](C(=O)O)C3)nc(Nc3ccc(C)cn3)c21. The Morgan fingerprint density at radius 3 is 2.81 bits per heavy atom. The van der Waals surface area contributed by atoms with Crippen LogP contribution in [0.5, 0.6) is 0 Å². The van der Waals surface area contributed by atoms with Gasteiger partial charge in [0.1, 0.15) is 16.9 Å². The number of hydrogen-bond acceptors (Lipinski definition) is 8. The smallest absolute Gasteiger partial charge is 0.308 e. The summed E-state index contributed by atoms with van der Waals surface area (Å²) in [6.07, 6.45) is 3.09. The summed E-state index contributed by atoms with van der Waals surface area (Å²) in [4.78, 5) is 27.5. The first-order valence-corrected chi connectivity index (χ1v) is 11.0. The minimum atomic E-state index is -0.784. The van der Waals surface area contributed by atoms with Gasteiger partial charge in [-0.05, 0) is 38.3 Å². The third kappa shape index (κ3) is 4.50. The van der Waals surface area contributed by atoms with Gasteiger partial charge in [-0.15, -0.1) is 0 Å². The molecule has 3 aromatic heterocycles. The minimum absolute atomic E-state index is 0.392. The number of aryl methyl sites for hydroxylation is 2. The molecule has 0 aliphatic carbocycles. The maximum Gasteiger partial charge on any atom is 0.308 e. The number of aromatic nitrogens is 5. The molecule has 1 saturated heterocycles. The van der Waals surface area contributed by atoms with Crippen LogP contribution in [0.15, 0.2) is 18.3 Å². The van der Waals surface area contributed by atoms with E-state index < -0.39 is 11.9 Å². The predicted octanol–water partition coefficient (Wildman–Crippen LogP) is 2.78. The van der Waals surface area contributed by atoms with Gasteiger partial charge in [-0.2, -0.15) is 10.1 Å². The van der Waals surface area contributed by atoms with Crippen molar-refractivity contribution in [3.05, 3.63) is 29.6 Å². The van der Waals surface area contributed by atoms with Crippen LogP contribution < -0.4 is 10.2 Å².